The predicted octanol–water partition coefficient (Wildman–Crippen LogP) is 0.178. The molecule has 4 nitrogen and oxygen atoms in total. The highest BCUT2D eigenvalue weighted by molar-refractivity contribution is 5.72. The van der Waals surface area contributed by atoms with Crippen molar-refractivity contribution in [1.29, 1.82) is 0 Å². The molecule has 1 unspecified atom stereocenters. The van der Waals surface area contributed by atoms with Crippen LogP contribution in [-0.4, -0.2) is 30.7 Å². The van der Waals surface area contributed by atoms with Crippen molar-refractivity contribution in [2.24, 2.45) is 5.73 Å². The Hall–Kier alpha value is -0.610. The number of hydrogen-bond acceptors (Lipinski definition) is 3. The van der Waals surface area contributed by atoms with Gasteiger partial charge in [0.05, 0.1) is 0 Å². The van der Waals surface area contributed by atoms with E-state index in [2.05, 4.69) is 5.32 Å². The third-order valence-corrected chi connectivity index (χ3v) is 1.76. The number of carbonyl (C=O) groups is 1. The molecule has 0 saturated carbocycles. The van der Waals surface area contributed by atoms with Gasteiger partial charge in [0.25, 0.3) is 0 Å². The fourth-order valence-corrected chi connectivity index (χ4v) is 0.966. The summed E-state index contributed by atoms with van der Waals surface area (Å²) in [5.74, 6) is -0.899. The van der Waals surface area contributed by atoms with Crippen LogP contribution < -0.4 is 11.1 Å². The van der Waals surface area contributed by atoms with Crippen LogP contribution in [0.25, 0.3) is 0 Å². The van der Waals surface area contributed by atoms with Crippen LogP contribution in [0.3, 0.4) is 0 Å². The Morgan fingerprint density at radius 1 is 1.50 bits per heavy atom. The van der Waals surface area contributed by atoms with Crippen LogP contribution in [0.2, 0.25) is 0 Å². The zero-order valence-corrected chi connectivity index (χ0v) is 7.55. The average molecular weight is 174 g/mol. The molecule has 0 rings (SSSR count). The fraction of sp³-hybridized carbons (Fsp3) is 0.875. The Morgan fingerprint density at radius 3 is 2.67 bits per heavy atom. The summed E-state index contributed by atoms with van der Waals surface area (Å²) < 4.78 is 0. The van der Waals surface area contributed by atoms with Crippen molar-refractivity contribution in [2.45, 2.75) is 31.7 Å². The number of unbranched alkanes of at least 4 members (excludes halogenated alkanes) is 2. The van der Waals surface area contributed by atoms with Crippen molar-refractivity contribution in [3.8, 4) is 0 Å². The molecule has 0 aliphatic carbocycles. The summed E-state index contributed by atoms with van der Waals surface area (Å²) in [6.07, 6.45) is 3.61. The minimum atomic E-state index is -0.899. The van der Waals surface area contributed by atoms with E-state index in [1.54, 1.807) is 0 Å². The molecule has 0 aromatic carbocycles. The third kappa shape index (κ3) is 6.12. The van der Waals surface area contributed by atoms with Gasteiger partial charge in [0, 0.05) is 0 Å². The molecule has 12 heavy (non-hydrogen) atoms. The quantitative estimate of drug-likeness (QED) is 0.481. The summed E-state index contributed by atoms with van der Waals surface area (Å²) in [4.78, 5) is 10.3. The number of nitrogens with two attached hydrogens (primary N) is 1. The van der Waals surface area contributed by atoms with E-state index in [-0.39, 0.29) is 0 Å². The Balaban J connectivity index is 3.14. The minimum Gasteiger partial charge on any atom is -0.480 e. The highest BCUT2D eigenvalue weighted by Gasteiger charge is 2.09. The van der Waals surface area contributed by atoms with Gasteiger partial charge in [-0.1, -0.05) is 12.8 Å². The maximum absolute atomic E-state index is 10.3. The van der Waals surface area contributed by atoms with Gasteiger partial charge >= 0.3 is 5.97 Å². The van der Waals surface area contributed by atoms with E-state index in [0.717, 1.165) is 25.8 Å². The van der Waals surface area contributed by atoms with Crippen LogP contribution >= 0.6 is 0 Å². The predicted molar refractivity (Wildman–Crippen MR) is 48.0 cm³/mol. The molecule has 4 heteroatoms. The molecule has 0 aliphatic heterocycles. The molecule has 0 heterocycles. The zero-order valence-electron chi connectivity index (χ0n) is 7.55. The molecule has 0 fully saturated rings. The second kappa shape index (κ2) is 7.06. The normalized spacial score (nSPS) is 12.8. The standard InChI is InChI=1S/C8H18N2O2/c1-10-6-4-2-3-5-7(9)8(11)12/h7,10H,2-6,9H2,1H3,(H,11,12). The SMILES string of the molecule is CNCCCCCC(N)C(=O)O. The van der Waals surface area contributed by atoms with Crippen molar-refractivity contribution in [1.82, 2.24) is 5.32 Å². The molecule has 4 N–H and O–H groups in total. The van der Waals surface area contributed by atoms with Gasteiger partial charge in [-0.25, -0.2) is 0 Å². The maximum Gasteiger partial charge on any atom is 0.320 e. The lowest BCUT2D eigenvalue weighted by molar-refractivity contribution is -0.138. The van der Waals surface area contributed by atoms with Gasteiger partial charge in [0.1, 0.15) is 6.04 Å². The number of hydrogen-bond donors (Lipinski definition) is 3. The van der Waals surface area contributed by atoms with Crippen LogP contribution in [0.4, 0.5) is 0 Å². The van der Waals surface area contributed by atoms with E-state index >= 15 is 0 Å². The van der Waals surface area contributed by atoms with Crippen molar-refractivity contribution in [3.05, 3.63) is 0 Å². The molecule has 0 bridgehead atoms. The Labute approximate surface area is 73.1 Å². The van der Waals surface area contributed by atoms with Gasteiger partial charge in [0.15, 0.2) is 0 Å². The van der Waals surface area contributed by atoms with Gasteiger partial charge < -0.3 is 16.2 Å². The summed E-state index contributed by atoms with van der Waals surface area (Å²) in [7, 11) is 1.91. The molecule has 0 aromatic rings. The number of aliphatic carboxylic acids is 1. The second-order valence-corrected chi connectivity index (χ2v) is 2.90. The summed E-state index contributed by atoms with van der Waals surface area (Å²) in [6, 6.07) is -0.681. The van der Waals surface area contributed by atoms with Gasteiger partial charge in [-0.15, -0.1) is 0 Å². The molecule has 0 aliphatic rings. The van der Waals surface area contributed by atoms with Crippen LogP contribution in [0.1, 0.15) is 25.7 Å². The fourth-order valence-electron chi connectivity index (χ4n) is 0.966. The van der Waals surface area contributed by atoms with E-state index in [1.165, 1.54) is 0 Å². The van der Waals surface area contributed by atoms with Crippen LogP contribution in [0.15, 0.2) is 0 Å². The van der Waals surface area contributed by atoms with Gasteiger partial charge in [-0.05, 0) is 26.4 Å². The Kier molecular flexibility index (Phi) is 6.70. The molecule has 0 aromatic heterocycles. The first-order chi connectivity index (χ1) is 5.68. The third-order valence-electron chi connectivity index (χ3n) is 1.76. The lowest BCUT2D eigenvalue weighted by Gasteiger charge is -2.05. The number of rotatable bonds is 7. The van der Waals surface area contributed by atoms with Crippen molar-refractivity contribution in [3.63, 3.8) is 0 Å². The van der Waals surface area contributed by atoms with Crippen LogP contribution in [-0.2, 0) is 4.79 Å². The smallest absolute Gasteiger partial charge is 0.320 e. The number of carboxylic acids is 1. The van der Waals surface area contributed by atoms with Gasteiger partial charge in [-0.3, -0.25) is 4.79 Å². The van der Waals surface area contributed by atoms with Crippen molar-refractivity contribution in [2.75, 3.05) is 13.6 Å². The van der Waals surface area contributed by atoms with Gasteiger partial charge in [0.2, 0.25) is 0 Å². The highest BCUT2D eigenvalue weighted by Crippen LogP contribution is 2.01. The van der Waals surface area contributed by atoms with E-state index in [9.17, 15) is 4.79 Å². The number of carboxylic acid groups (broad SMARTS) is 1. The van der Waals surface area contributed by atoms with E-state index in [0.29, 0.717) is 6.42 Å². The average Bonchev–Trinajstić information content (AvgIpc) is 2.03. The van der Waals surface area contributed by atoms with Gasteiger partial charge in [-0.2, -0.15) is 0 Å². The van der Waals surface area contributed by atoms with Crippen molar-refractivity contribution < 1.29 is 9.90 Å². The molecule has 1 atom stereocenters. The summed E-state index contributed by atoms with van der Waals surface area (Å²) >= 11 is 0. The number of nitrogens with one attached hydrogen (secondary N) is 1. The topological polar surface area (TPSA) is 75.3 Å². The second-order valence-electron chi connectivity index (χ2n) is 2.90. The molecule has 0 radical (unpaired) electrons. The monoisotopic (exact) mass is 174 g/mol. The Bertz CT molecular complexity index is 128. The Morgan fingerprint density at radius 2 is 2.17 bits per heavy atom. The lowest BCUT2D eigenvalue weighted by atomic mass is 10.1. The first-order valence-electron chi connectivity index (χ1n) is 4.31. The lowest BCUT2D eigenvalue weighted by Crippen LogP contribution is -2.29. The largest absolute Gasteiger partial charge is 0.480 e. The summed E-state index contributed by atoms with van der Waals surface area (Å²) in [5, 5.41) is 11.5. The highest BCUT2D eigenvalue weighted by atomic mass is 16.4. The van der Waals surface area contributed by atoms with Crippen LogP contribution in [0.5, 0.6) is 0 Å². The molecule has 0 spiro atoms. The molecular formula is C8H18N2O2. The van der Waals surface area contributed by atoms with E-state index < -0.39 is 12.0 Å². The van der Waals surface area contributed by atoms with E-state index in [4.69, 9.17) is 10.8 Å². The first kappa shape index (κ1) is 11.4. The summed E-state index contributed by atoms with van der Waals surface area (Å²) in [5.41, 5.74) is 5.32. The maximum atomic E-state index is 10.3. The molecule has 72 valence electrons. The molecule has 0 saturated heterocycles. The zero-order chi connectivity index (χ0) is 9.40. The molecule has 0 amide bonds. The molecular weight excluding hydrogens is 156 g/mol. The summed E-state index contributed by atoms with van der Waals surface area (Å²) in [6.45, 7) is 0.988. The first-order valence-corrected chi connectivity index (χ1v) is 4.31. The minimum absolute atomic E-state index is 0.582. The van der Waals surface area contributed by atoms with Crippen molar-refractivity contribution >= 4 is 5.97 Å². The van der Waals surface area contributed by atoms with Crippen LogP contribution in [0, 0.1) is 0 Å². The van der Waals surface area contributed by atoms with E-state index in [1.807, 2.05) is 7.05 Å².